The third kappa shape index (κ3) is 3.84. The number of carboxylic acid groups (broad SMARTS) is 1. The van der Waals surface area contributed by atoms with Gasteiger partial charge >= 0.3 is 5.97 Å². The van der Waals surface area contributed by atoms with Crippen LogP contribution in [0.3, 0.4) is 0 Å². The van der Waals surface area contributed by atoms with Crippen LogP contribution in [0.5, 0.6) is 0 Å². The smallest absolute Gasteiger partial charge is 0.326 e. The molecule has 0 spiro atoms. The Labute approximate surface area is 114 Å². The molecule has 0 unspecified atom stereocenters. The van der Waals surface area contributed by atoms with Crippen molar-refractivity contribution in [1.29, 1.82) is 0 Å². The first-order valence-electron chi connectivity index (χ1n) is 5.87. The number of H-pyrrole nitrogens is 1. The van der Waals surface area contributed by atoms with Gasteiger partial charge in [-0.05, 0) is 18.2 Å². The Morgan fingerprint density at radius 3 is 3.00 bits per heavy atom. The molecule has 2 aromatic rings. The Bertz CT molecular complexity index is 587. The van der Waals surface area contributed by atoms with Crippen molar-refractivity contribution in [2.45, 2.75) is 12.5 Å². The zero-order valence-electron chi connectivity index (χ0n) is 10.4. The van der Waals surface area contributed by atoms with Gasteiger partial charge in [0.1, 0.15) is 11.8 Å². The van der Waals surface area contributed by atoms with Crippen LogP contribution in [-0.4, -0.2) is 33.0 Å². The Morgan fingerprint density at radius 1 is 1.55 bits per heavy atom. The topological polar surface area (TPSA) is 108 Å². The summed E-state index contributed by atoms with van der Waals surface area (Å²) in [6, 6.07) is 2.35. The van der Waals surface area contributed by atoms with Crippen LogP contribution in [-0.2, 0) is 16.0 Å². The summed E-state index contributed by atoms with van der Waals surface area (Å²) in [5, 5.41) is 11.5. The highest BCUT2D eigenvalue weighted by Crippen LogP contribution is 2.03. The van der Waals surface area contributed by atoms with Crippen LogP contribution < -0.4 is 5.32 Å². The molecule has 0 aromatic carbocycles. The zero-order chi connectivity index (χ0) is 14.4. The summed E-state index contributed by atoms with van der Waals surface area (Å²) in [5.74, 6) is -1.10. The maximum atomic E-state index is 11.7. The Kier molecular flexibility index (Phi) is 4.33. The minimum absolute atomic E-state index is 0.135. The van der Waals surface area contributed by atoms with Gasteiger partial charge in [0.05, 0.1) is 12.6 Å². The summed E-state index contributed by atoms with van der Waals surface area (Å²) in [6.45, 7) is 0. The number of furan rings is 1. The molecule has 0 saturated heterocycles. The molecule has 0 aliphatic rings. The van der Waals surface area contributed by atoms with Crippen molar-refractivity contribution in [2.24, 2.45) is 0 Å². The van der Waals surface area contributed by atoms with Gasteiger partial charge < -0.3 is 19.8 Å². The maximum absolute atomic E-state index is 11.7. The van der Waals surface area contributed by atoms with Gasteiger partial charge in [-0.3, -0.25) is 4.79 Å². The van der Waals surface area contributed by atoms with Crippen LogP contribution >= 0.6 is 0 Å². The quantitative estimate of drug-likeness (QED) is 0.676. The fourth-order valence-electron chi connectivity index (χ4n) is 1.58. The molecule has 0 saturated carbocycles. The van der Waals surface area contributed by atoms with Crippen molar-refractivity contribution in [3.05, 3.63) is 48.5 Å². The summed E-state index contributed by atoms with van der Waals surface area (Å²) >= 11 is 0. The third-order valence-corrected chi connectivity index (χ3v) is 2.54. The predicted octanol–water partition coefficient (Wildman–Crippen LogP) is 0.828. The van der Waals surface area contributed by atoms with Gasteiger partial charge in [-0.2, -0.15) is 0 Å². The van der Waals surface area contributed by atoms with Crippen molar-refractivity contribution in [1.82, 2.24) is 15.3 Å². The molecule has 0 bridgehead atoms. The summed E-state index contributed by atoms with van der Waals surface area (Å²) < 4.78 is 5.03. The predicted molar refractivity (Wildman–Crippen MR) is 69.6 cm³/mol. The molecule has 3 N–H and O–H groups in total. The van der Waals surface area contributed by atoms with E-state index in [4.69, 9.17) is 9.52 Å². The molecular formula is C13H13N3O4. The highest BCUT2D eigenvalue weighted by atomic mass is 16.4. The largest absolute Gasteiger partial charge is 0.480 e. The highest BCUT2D eigenvalue weighted by Gasteiger charge is 2.19. The van der Waals surface area contributed by atoms with Gasteiger partial charge in [0.25, 0.3) is 0 Å². The van der Waals surface area contributed by atoms with E-state index in [9.17, 15) is 9.59 Å². The van der Waals surface area contributed by atoms with Crippen molar-refractivity contribution >= 4 is 18.0 Å². The molecule has 0 aliphatic heterocycles. The number of aromatic amines is 1. The number of carbonyl (C=O) groups excluding carboxylic acids is 1. The van der Waals surface area contributed by atoms with Crippen LogP contribution in [0.2, 0.25) is 0 Å². The molecule has 2 rings (SSSR count). The molecule has 7 heteroatoms. The standard InChI is InChI=1S/C13H13N3O4/c17-12(4-3-10-2-1-5-20-10)16-11(13(18)19)6-9-7-14-8-15-9/h1-5,7-8,11H,6H2,(H,14,15)(H,16,17)(H,18,19)/b4-3+/t11-/m1/s1. The average Bonchev–Trinajstić information content (AvgIpc) is 3.08. The van der Waals surface area contributed by atoms with Crippen LogP contribution in [0.1, 0.15) is 11.5 Å². The molecule has 7 nitrogen and oxygen atoms in total. The second kappa shape index (κ2) is 6.37. The first-order valence-corrected chi connectivity index (χ1v) is 5.87. The fraction of sp³-hybridized carbons (Fsp3) is 0.154. The number of carbonyl (C=O) groups is 2. The minimum atomic E-state index is -1.11. The van der Waals surface area contributed by atoms with Crippen molar-refractivity contribution in [2.75, 3.05) is 0 Å². The molecule has 0 fully saturated rings. The molecule has 104 valence electrons. The number of rotatable bonds is 6. The SMILES string of the molecule is O=C(/C=C/c1ccco1)N[C@H](Cc1cnc[nH]1)C(=O)O. The number of hydrogen-bond acceptors (Lipinski definition) is 4. The molecule has 1 atom stereocenters. The average molecular weight is 275 g/mol. The fourth-order valence-corrected chi connectivity index (χ4v) is 1.58. The van der Waals surface area contributed by atoms with E-state index in [2.05, 4.69) is 15.3 Å². The second-order valence-corrected chi connectivity index (χ2v) is 4.03. The molecule has 0 radical (unpaired) electrons. The van der Waals surface area contributed by atoms with Crippen LogP contribution in [0, 0.1) is 0 Å². The van der Waals surface area contributed by atoms with Crippen LogP contribution in [0.15, 0.2) is 41.4 Å². The molecule has 2 aromatic heterocycles. The van der Waals surface area contributed by atoms with E-state index in [0.29, 0.717) is 11.5 Å². The van der Waals surface area contributed by atoms with E-state index in [1.807, 2.05) is 0 Å². The van der Waals surface area contributed by atoms with Gasteiger partial charge in [0, 0.05) is 24.4 Å². The van der Waals surface area contributed by atoms with Crippen molar-refractivity contribution in [3.8, 4) is 0 Å². The Balaban J connectivity index is 1.94. The number of hydrogen-bond donors (Lipinski definition) is 3. The third-order valence-electron chi connectivity index (χ3n) is 2.54. The number of aliphatic carboxylic acids is 1. The van der Waals surface area contributed by atoms with E-state index in [0.717, 1.165) is 0 Å². The number of imidazole rings is 1. The van der Waals surface area contributed by atoms with Crippen LogP contribution in [0.4, 0.5) is 0 Å². The first kappa shape index (κ1) is 13.6. The van der Waals surface area contributed by atoms with E-state index < -0.39 is 17.9 Å². The van der Waals surface area contributed by atoms with Gasteiger partial charge in [-0.15, -0.1) is 0 Å². The second-order valence-electron chi connectivity index (χ2n) is 4.03. The van der Waals surface area contributed by atoms with Gasteiger partial charge in [0.15, 0.2) is 0 Å². The Morgan fingerprint density at radius 2 is 2.40 bits per heavy atom. The lowest BCUT2D eigenvalue weighted by Crippen LogP contribution is -2.41. The lowest BCUT2D eigenvalue weighted by atomic mass is 10.1. The summed E-state index contributed by atoms with van der Waals surface area (Å²) in [7, 11) is 0. The lowest BCUT2D eigenvalue weighted by molar-refractivity contribution is -0.141. The van der Waals surface area contributed by atoms with E-state index in [-0.39, 0.29) is 6.42 Å². The highest BCUT2D eigenvalue weighted by molar-refractivity contribution is 5.94. The van der Waals surface area contributed by atoms with Crippen molar-refractivity contribution < 1.29 is 19.1 Å². The number of aromatic nitrogens is 2. The summed E-state index contributed by atoms with van der Waals surface area (Å²) in [5.41, 5.74) is 0.632. The van der Waals surface area contributed by atoms with Gasteiger partial charge in [-0.1, -0.05) is 0 Å². The van der Waals surface area contributed by atoms with E-state index in [1.165, 1.54) is 30.9 Å². The Hall–Kier alpha value is -2.83. The molecule has 0 aliphatic carbocycles. The molecular weight excluding hydrogens is 262 g/mol. The molecule has 2 heterocycles. The molecule has 20 heavy (non-hydrogen) atoms. The first-order chi connectivity index (χ1) is 9.65. The maximum Gasteiger partial charge on any atom is 0.326 e. The summed E-state index contributed by atoms with van der Waals surface area (Å²) in [6.07, 6.45) is 7.27. The lowest BCUT2D eigenvalue weighted by Gasteiger charge is -2.11. The van der Waals surface area contributed by atoms with E-state index >= 15 is 0 Å². The number of nitrogens with zero attached hydrogens (tertiary/aromatic N) is 1. The monoisotopic (exact) mass is 275 g/mol. The normalized spacial score (nSPS) is 12.4. The molecule has 1 amide bonds. The number of nitrogens with one attached hydrogen (secondary N) is 2. The van der Waals surface area contributed by atoms with Gasteiger partial charge in [-0.25, -0.2) is 9.78 Å². The van der Waals surface area contributed by atoms with Gasteiger partial charge in [0.2, 0.25) is 5.91 Å². The van der Waals surface area contributed by atoms with Crippen LogP contribution in [0.25, 0.3) is 6.08 Å². The van der Waals surface area contributed by atoms with Crippen molar-refractivity contribution in [3.63, 3.8) is 0 Å². The number of carboxylic acids is 1. The summed E-state index contributed by atoms with van der Waals surface area (Å²) in [4.78, 5) is 29.3. The van der Waals surface area contributed by atoms with E-state index in [1.54, 1.807) is 12.1 Å². The number of amides is 1. The minimum Gasteiger partial charge on any atom is -0.480 e. The zero-order valence-corrected chi connectivity index (χ0v) is 10.4.